The number of ether oxygens (including phenoxy) is 3. The lowest BCUT2D eigenvalue weighted by molar-refractivity contribution is -0.386. The molecule has 1 aromatic carbocycles. The van der Waals surface area contributed by atoms with Crippen molar-refractivity contribution >= 4 is 17.3 Å². The van der Waals surface area contributed by atoms with E-state index < -0.39 is 16.4 Å². The molecule has 0 N–H and O–H groups in total. The molecule has 1 aromatic heterocycles. The van der Waals surface area contributed by atoms with Crippen molar-refractivity contribution in [3.05, 3.63) is 51.4 Å². The van der Waals surface area contributed by atoms with E-state index in [4.69, 9.17) is 25.8 Å². The van der Waals surface area contributed by atoms with Gasteiger partial charge in [-0.3, -0.25) is 10.1 Å². The molecule has 0 radical (unpaired) electrons. The summed E-state index contributed by atoms with van der Waals surface area (Å²) in [6.45, 7) is 4.86. The highest BCUT2D eigenvalue weighted by atomic mass is 35.5. The highest BCUT2D eigenvalue weighted by molar-refractivity contribution is 6.31. The van der Waals surface area contributed by atoms with Crippen LogP contribution in [-0.4, -0.2) is 33.9 Å². The molecule has 0 spiro atoms. The molecule has 1 aliphatic heterocycles. The zero-order chi connectivity index (χ0) is 18.0. The van der Waals surface area contributed by atoms with E-state index in [9.17, 15) is 10.1 Å². The SMILES string of the molecule is CC1(C)OCC(c2ccc(Oc3ncnc(Cl)c3[N+](=O)[O-])cc2)CO1. The number of nitrogens with zero attached hydrogens (tertiary/aromatic N) is 3. The molecule has 1 fully saturated rings. The molecule has 0 aliphatic carbocycles. The fourth-order valence-electron chi connectivity index (χ4n) is 2.38. The number of nitro groups is 1. The van der Waals surface area contributed by atoms with Gasteiger partial charge in [0.2, 0.25) is 5.15 Å². The summed E-state index contributed by atoms with van der Waals surface area (Å²) < 4.78 is 16.8. The normalized spacial score (nSPS) is 17.2. The molecule has 0 atom stereocenters. The summed E-state index contributed by atoms with van der Waals surface area (Å²) in [5.74, 6) is -0.251. The molecular weight excluding hydrogens is 350 g/mol. The Bertz CT molecular complexity index is 772. The molecule has 9 heteroatoms. The van der Waals surface area contributed by atoms with Gasteiger partial charge < -0.3 is 14.2 Å². The zero-order valence-corrected chi connectivity index (χ0v) is 14.4. The van der Waals surface area contributed by atoms with E-state index in [2.05, 4.69) is 9.97 Å². The Balaban J connectivity index is 1.74. The number of aromatic nitrogens is 2. The van der Waals surface area contributed by atoms with E-state index in [1.165, 1.54) is 0 Å². The number of rotatable bonds is 4. The predicted molar refractivity (Wildman–Crippen MR) is 88.9 cm³/mol. The summed E-state index contributed by atoms with van der Waals surface area (Å²) in [5.41, 5.74) is 0.558. The van der Waals surface area contributed by atoms with Crippen LogP contribution in [0, 0.1) is 10.1 Å². The molecule has 0 amide bonds. The molecule has 8 nitrogen and oxygen atoms in total. The van der Waals surface area contributed by atoms with Gasteiger partial charge in [0.15, 0.2) is 5.79 Å². The third kappa shape index (κ3) is 4.04. The van der Waals surface area contributed by atoms with Crippen LogP contribution >= 0.6 is 11.6 Å². The van der Waals surface area contributed by atoms with Crippen LogP contribution in [0.4, 0.5) is 5.69 Å². The molecule has 132 valence electrons. The maximum absolute atomic E-state index is 11.1. The average molecular weight is 366 g/mol. The average Bonchev–Trinajstić information content (AvgIpc) is 2.55. The van der Waals surface area contributed by atoms with Crippen LogP contribution in [0.15, 0.2) is 30.6 Å². The van der Waals surface area contributed by atoms with Crippen molar-refractivity contribution in [1.82, 2.24) is 9.97 Å². The van der Waals surface area contributed by atoms with Crippen molar-refractivity contribution in [3.63, 3.8) is 0 Å². The van der Waals surface area contributed by atoms with E-state index in [1.807, 2.05) is 26.0 Å². The summed E-state index contributed by atoms with van der Waals surface area (Å²) in [7, 11) is 0. The topological polar surface area (TPSA) is 96.6 Å². The standard InChI is InChI=1S/C16H16ClN3O5/c1-16(2)23-7-11(8-24-16)10-3-5-12(6-4-10)25-15-13(20(21)22)14(17)18-9-19-15/h3-6,9,11H,7-8H2,1-2H3. The first-order valence-corrected chi connectivity index (χ1v) is 7.94. The van der Waals surface area contributed by atoms with Gasteiger partial charge in [-0.2, -0.15) is 4.98 Å². The van der Waals surface area contributed by atoms with Crippen molar-refractivity contribution in [2.24, 2.45) is 0 Å². The van der Waals surface area contributed by atoms with Gasteiger partial charge in [-0.25, -0.2) is 4.98 Å². The Morgan fingerprint density at radius 2 is 1.88 bits per heavy atom. The monoisotopic (exact) mass is 365 g/mol. The maximum atomic E-state index is 11.1. The van der Waals surface area contributed by atoms with Crippen LogP contribution in [0.5, 0.6) is 11.6 Å². The van der Waals surface area contributed by atoms with Gasteiger partial charge >= 0.3 is 11.6 Å². The van der Waals surface area contributed by atoms with Crippen molar-refractivity contribution in [3.8, 4) is 11.6 Å². The van der Waals surface area contributed by atoms with Gasteiger partial charge in [0.1, 0.15) is 12.1 Å². The fourth-order valence-corrected chi connectivity index (χ4v) is 2.57. The van der Waals surface area contributed by atoms with E-state index in [1.54, 1.807) is 12.1 Å². The van der Waals surface area contributed by atoms with Crippen LogP contribution in [-0.2, 0) is 9.47 Å². The van der Waals surface area contributed by atoms with Gasteiger partial charge in [0, 0.05) is 5.92 Å². The summed E-state index contributed by atoms with van der Waals surface area (Å²) >= 11 is 5.74. The molecule has 25 heavy (non-hydrogen) atoms. The van der Waals surface area contributed by atoms with Gasteiger partial charge in [0.25, 0.3) is 0 Å². The number of benzene rings is 1. The predicted octanol–water partition coefficient (Wildman–Crippen LogP) is 3.70. The summed E-state index contributed by atoms with van der Waals surface area (Å²) in [6, 6.07) is 7.13. The van der Waals surface area contributed by atoms with E-state index >= 15 is 0 Å². The molecule has 2 aromatic rings. The summed E-state index contributed by atoms with van der Waals surface area (Å²) in [6.07, 6.45) is 1.11. The third-order valence-corrected chi connectivity index (χ3v) is 4.03. The lowest BCUT2D eigenvalue weighted by Crippen LogP contribution is -2.38. The Morgan fingerprint density at radius 1 is 1.24 bits per heavy atom. The van der Waals surface area contributed by atoms with Crippen LogP contribution in [0.25, 0.3) is 0 Å². The molecule has 2 heterocycles. The first-order chi connectivity index (χ1) is 11.9. The second kappa shape index (κ2) is 6.91. The molecule has 0 bridgehead atoms. The molecule has 0 saturated carbocycles. The van der Waals surface area contributed by atoms with Gasteiger partial charge in [0.05, 0.1) is 18.1 Å². The molecular formula is C16H16ClN3O5. The highest BCUT2D eigenvalue weighted by Gasteiger charge is 2.29. The number of halogens is 1. The van der Waals surface area contributed by atoms with Crippen LogP contribution in [0.2, 0.25) is 5.15 Å². The maximum Gasteiger partial charge on any atom is 0.368 e. The smallest absolute Gasteiger partial charge is 0.368 e. The molecule has 3 rings (SSSR count). The molecule has 1 saturated heterocycles. The van der Waals surface area contributed by atoms with Crippen molar-refractivity contribution < 1.29 is 19.1 Å². The van der Waals surface area contributed by atoms with Crippen molar-refractivity contribution in [2.45, 2.75) is 25.6 Å². The lowest BCUT2D eigenvalue weighted by atomic mass is 10.00. The number of hydrogen-bond acceptors (Lipinski definition) is 7. The first-order valence-electron chi connectivity index (χ1n) is 7.56. The number of hydrogen-bond donors (Lipinski definition) is 0. The van der Waals surface area contributed by atoms with Gasteiger partial charge in [-0.15, -0.1) is 0 Å². The quantitative estimate of drug-likeness (QED) is 0.463. The van der Waals surface area contributed by atoms with Crippen molar-refractivity contribution in [2.75, 3.05) is 13.2 Å². The van der Waals surface area contributed by atoms with Gasteiger partial charge in [-0.05, 0) is 31.5 Å². The fraction of sp³-hybridized carbons (Fsp3) is 0.375. The van der Waals surface area contributed by atoms with Crippen molar-refractivity contribution in [1.29, 1.82) is 0 Å². The largest absolute Gasteiger partial charge is 0.434 e. The van der Waals surface area contributed by atoms with E-state index in [-0.39, 0.29) is 17.0 Å². The minimum atomic E-state index is -0.676. The highest BCUT2D eigenvalue weighted by Crippen LogP contribution is 2.34. The first kappa shape index (κ1) is 17.5. The Morgan fingerprint density at radius 3 is 2.48 bits per heavy atom. The zero-order valence-electron chi connectivity index (χ0n) is 13.6. The minimum absolute atomic E-state index is 0.116. The second-order valence-electron chi connectivity index (χ2n) is 5.97. The molecule has 0 unspecified atom stereocenters. The summed E-state index contributed by atoms with van der Waals surface area (Å²) in [4.78, 5) is 17.8. The Kier molecular flexibility index (Phi) is 4.85. The van der Waals surface area contributed by atoms with Gasteiger partial charge in [-0.1, -0.05) is 23.7 Å². The Labute approximate surface area is 148 Å². The lowest BCUT2D eigenvalue weighted by Gasteiger charge is -2.35. The minimum Gasteiger partial charge on any atom is -0.434 e. The summed E-state index contributed by atoms with van der Waals surface area (Å²) in [5, 5.41) is 10.8. The Hall–Kier alpha value is -2.29. The van der Waals surface area contributed by atoms with Crippen LogP contribution in [0.3, 0.4) is 0 Å². The van der Waals surface area contributed by atoms with Crippen LogP contribution in [0.1, 0.15) is 25.3 Å². The van der Waals surface area contributed by atoms with E-state index in [0.717, 1.165) is 11.9 Å². The third-order valence-electron chi connectivity index (χ3n) is 3.76. The second-order valence-corrected chi connectivity index (χ2v) is 6.32. The van der Waals surface area contributed by atoms with Crippen LogP contribution < -0.4 is 4.74 Å². The molecule has 1 aliphatic rings. The van der Waals surface area contributed by atoms with E-state index in [0.29, 0.717) is 19.0 Å².